The first-order valence-electron chi connectivity index (χ1n) is 6.10. The number of hydrogen-bond donors (Lipinski definition) is 1. The first-order chi connectivity index (χ1) is 9.40. The Kier molecular flexibility index (Phi) is 3.99. The smallest absolute Gasteiger partial charge is 0.310 e. The lowest BCUT2D eigenvalue weighted by molar-refractivity contribution is -0.138. The van der Waals surface area contributed by atoms with Crippen LogP contribution in [-0.2, 0) is 4.79 Å². The summed E-state index contributed by atoms with van der Waals surface area (Å²) < 4.78 is 0. The number of carboxylic acid groups (broad SMARTS) is 1. The number of aryl methyl sites for hydroxylation is 2. The van der Waals surface area contributed by atoms with Crippen molar-refractivity contribution in [3.8, 4) is 11.5 Å². The summed E-state index contributed by atoms with van der Waals surface area (Å²) in [7, 11) is 0. The Bertz CT molecular complexity index is 633. The van der Waals surface area contributed by atoms with Crippen LogP contribution < -0.4 is 0 Å². The van der Waals surface area contributed by atoms with Crippen LogP contribution in [0.5, 0.6) is 0 Å². The topological polar surface area (TPSA) is 76.0 Å². The number of hydrogen-bond acceptors (Lipinski definition) is 4. The lowest BCUT2D eigenvalue weighted by Crippen LogP contribution is -2.13. The summed E-state index contributed by atoms with van der Waals surface area (Å²) in [6, 6.07) is 3.45. The Morgan fingerprint density at radius 1 is 1.25 bits per heavy atom. The minimum atomic E-state index is -0.892. The second-order valence-electron chi connectivity index (χ2n) is 4.55. The maximum Gasteiger partial charge on any atom is 0.310 e. The third kappa shape index (κ3) is 2.77. The molecule has 0 spiro atoms. The molecule has 0 bridgehead atoms. The molecule has 0 aromatic carbocycles. The van der Waals surface area contributed by atoms with E-state index in [0.717, 1.165) is 0 Å². The molecule has 2 aromatic heterocycles. The van der Waals surface area contributed by atoms with E-state index in [2.05, 4.69) is 15.0 Å². The van der Waals surface area contributed by atoms with Gasteiger partial charge in [0.2, 0.25) is 0 Å². The van der Waals surface area contributed by atoms with E-state index in [4.69, 9.17) is 16.7 Å². The fourth-order valence-corrected chi connectivity index (χ4v) is 2.21. The van der Waals surface area contributed by atoms with Gasteiger partial charge < -0.3 is 5.11 Å². The first-order valence-corrected chi connectivity index (χ1v) is 6.47. The van der Waals surface area contributed by atoms with Gasteiger partial charge in [-0.2, -0.15) is 0 Å². The molecule has 0 saturated heterocycles. The number of aromatic nitrogens is 3. The van der Waals surface area contributed by atoms with Crippen LogP contribution in [-0.4, -0.2) is 26.0 Å². The summed E-state index contributed by atoms with van der Waals surface area (Å²) in [6.07, 6.45) is 1.53. The molecule has 20 heavy (non-hydrogen) atoms. The van der Waals surface area contributed by atoms with Crippen LogP contribution in [0.1, 0.15) is 29.8 Å². The van der Waals surface area contributed by atoms with Crippen LogP contribution >= 0.6 is 11.6 Å². The van der Waals surface area contributed by atoms with Crippen LogP contribution in [0, 0.1) is 13.8 Å². The highest BCUT2D eigenvalue weighted by molar-refractivity contribution is 6.30. The molecular formula is C14H14ClN3O2. The lowest BCUT2D eigenvalue weighted by Gasteiger charge is -2.13. The van der Waals surface area contributed by atoms with Gasteiger partial charge in [-0.1, -0.05) is 11.6 Å². The monoisotopic (exact) mass is 291 g/mol. The van der Waals surface area contributed by atoms with Crippen molar-refractivity contribution in [3.05, 3.63) is 40.3 Å². The summed E-state index contributed by atoms with van der Waals surface area (Å²) >= 11 is 5.79. The SMILES string of the molecule is Cc1nc(-c2ccc(Cl)cn2)nc(C)c1C(C)C(=O)O. The highest BCUT2D eigenvalue weighted by Crippen LogP contribution is 2.24. The Hall–Kier alpha value is -2.01. The van der Waals surface area contributed by atoms with Gasteiger partial charge >= 0.3 is 5.97 Å². The predicted octanol–water partition coefficient (Wildman–Crippen LogP) is 3.00. The number of rotatable bonds is 3. The van der Waals surface area contributed by atoms with Crippen LogP contribution in [0.4, 0.5) is 0 Å². The minimum Gasteiger partial charge on any atom is -0.481 e. The summed E-state index contributed by atoms with van der Waals surface area (Å²) in [6.45, 7) is 5.19. The van der Waals surface area contributed by atoms with Gasteiger partial charge in [-0.15, -0.1) is 0 Å². The fourth-order valence-electron chi connectivity index (χ4n) is 2.10. The van der Waals surface area contributed by atoms with Gasteiger partial charge in [0.05, 0.1) is 10.9 Å². The number of halogens is 1. The Balaban J connectivity index is 2.50. The zero-order valence-corrected chi connectivity index (χ0v) is 12.1. The lowest BCUT2D eigenvalue weighted by atomic mass is 9.98. The van der Waals surface area contributed by atoms with Gasteiger partial charge in [-0.25, -0.2) is 9.97 Å². The Labute approximate surface area is 121 Å². The average molecular weight is 292 g/mol. The average Bonchev–Trinajstić information content (AvgIpc) is 2.38. The Morgan fingerprint density at radius 3 is 2.30 bits per heavy atom. The van der Waals surface area contributed by atoms with Crippen molar-refractivity contribution in [2.75, 3.05) is 0 Å². The van der Waals surface area contributed by atoms with Gasteiger partial charge in [0.25, 0.3) is 0 Å². The second-order valence-corrected chi connectivity index (χ2v) is 4.99. The zero-order chi connectivity index (χ0) is 14.9. The van der Waals surface area contributed by atoms with Crippen molar-refractivity contribution in [2.24, 2.45) is 0 Å². The van der Waals surface area contributed by atoms with E-state index in [0.29, 0.717) is 33.5 Å². The molecule has 5 nitrogen and oxygen atoms in total. The first kappa shape index (κ1) is 14.4. The molecule has 2 rings (SSSR count). The van der Waals surface area contributed by atoms with Crippen molar-refractivity contribution in [2.45, 2.75) is 26.7 Å². The molecule has 0 fully saturated rings. The molecule has 0 aliphatic rings. The highest BCUT2D eigenvalue weighted by atomic mass is 35.5. The maximum absolute atomic E-state index is 11.1. The molecule has 104 valence electrons. The number of pyridine rings is 1. The van der Waals surface area contributed by atoms with Crippen molar-refractivity contribution >= 4 is 17.6 Å². The van der Waals surface area contributed by atoms with E-state index in [1.807, 2.05) is 0 Å². The number of carbonyl (C=O) groups is 1. The van der Waals surface area contributed by atoms with E-state index >= 15 is 0 Å². The van der Waals surface area contributed by atoms with E-state index in [1.165, 1.54) is 6.20 Å². The van der Waals surface area contributed by atoms with Gasteiger partial charge in [-0.3, -0.25) is 9.78 Å². The maximum atomic E-state index is 11.1. The van der Waals surface area contributed by atoms with Gasteiger partial charge in [-0.05, 0) is 32.9 Å². The van der Waals surface area contributed by atoms with Crippen molar-refractivity contribution in [3.63, 3.8) is 0 Å². The van der Waals surface area contributed by atoms with Crippen LogP contribution in [0.3, 0.4) is 0 Å². The molecule has 0 aliphatic carbocycles. The molecule has 2 heterocycles. The molecule has 1 unspecified atom stereocenters. The van der Waals surface area contributed by atoms with E-state index in [9.17, 15) is 4.79 Å². The van der Waals surface area contributed by atoms with Gasteiger partial charge in [0, 0.05) is 23.1 Å². The molecule has 6 heteroatoms. The van der Waals surface area contributed by atoms with E-state index in [-0.39, 0.29) is 0 Å². The Morgan fingerprint density at radius 2 is 1.85 bits per heavy atom. The van der Waals surface area contributed by atoms with E-state index in [1.54, 1.807) is 32.9 Å². The second kappa shape index (κ2) is 5.54. The molecule has 0 saturated carbocycles. The van der Waals surface area contributed by atoms with Crippen molar-refractivity contribution in [1.82, 2.24) is 15.0 Å². The van der Waals surface area contributed by atoms with Crippen LogP contribution in [0.15, 0.2) is 18.3 Å². The number of nitrogens with zero attached hydrogens (tertiary/aromatic N) is 3. The van der Waals surface area contributed by atoms with Crippen LogP contribution in [0.25, 0.3) is 11.5 Å². The summed E-state index contributed by atoms with van der Waals surface area (Å²) in [5.41, 5.74) is 2.56. The molecule has 0 amide bonds. The third-order valence-corrected chi connectivity index (χ3v) is 3.31. The number of aliphatic carboxylic acids is 1. The predicted molar refractivity (Wildman–Crippen MR) is 75.8 cm³/mol. The normalized spacial score (nSPS) is 12.2. The number of carboxylic acids is 1. The highest BCUT2D eigenvalue weighted by Gasteiger charge is 2.21. The van der Waals surface area contributed by atoms with Crippen molar-refractivity contribution in [1.29, 1.82) is 0 Å². The minimum absolute atomic E-state index is 0.470. The van der Waals surface area contributed by atoms with Gasteiger partial charge in [0.1, 0.15) is 5.69 Å². The standard InChI is InChI=1S/C14H14ClN3O2/c1-7(14(19)20)12-8(2)17-13(18-9(12)3)11-5-4-10(15)6-16-11/h4-7H,1-3H3,(H,19,20). The molecular weight excluding hydrogens is 278 g/mol. The molecule has 1 N–H and O–H groups in total. The molecule has 0 aliphatic heterocycles. The van der Waals surface area contributed by atoms with Crippen LogP contribution in [0.2, 0.25) is 5.02 Å². The molecule has 0 radical (unpaired) electrons. The van der Waals surface area contributed by atoms with Gasteiger partial charge in [0.15, 0.2) is 5.82 Å². The quantitative estimate of drug-likeness (QED) is 0.941. The third-order valence-electron chi connectivity index (χ3n) is 3.09. The summed E-state index contributed by atoms with van der Waals surface area (Å²) in [4.78, 5) is 24.0. The molecule has 1 atom stereocenters. The van der Waals surface area contributed by atoms with E-state index < -0.39 is 11.9 Å². The molecule has 2 aromatic rings. The fraction of sp³-hybridized carbons (Fsp3) is 0.286. The summed E-state index contributed by atoms with van der Waals surface area (Å²) in [5.74, 6) is -1.06. The largest absolute Gasteiger partial charge is 0.481 e. The van der Waals surface area contributed by atoms with Crippen molar-refractivity contribution < 1.29 is 9.90 Å². The zero-order valence-electron chi connectivity index (χ0n) is 11.4. The summed E-state index contributed by atoms with van der Waals surface area (Å²) in [5, 5.41) is 9.66.